The molecule has 1 aromatic heterocycles. The number of hydrogen-bond donors (Lipinski definition) is 2. The molecule has 43 heavy (non-hydrogen) atoms. The lowest BCUT2D eigenvalue weighted by molar-refractivity contribution is -0.142. The topological polar surface area (TPSA) is 110 Å². The highest BCUT2D eigenvalue weighted by molar-refractivity contribution is 8.15. The Labute approximate surface area is 250 Å². The van der Waals surface area contributed by atoms with Gasteiger partial charge in [0, 0.05) is 11.3 Å². The number of nitrogens with one attached hydrogen (secondary N) is 2. The number of para-hydroxylation sites is 1. The first-order valence-electron chi connectivity index (χ1n) is 13.0. The number of thioether (sulfide) groups is 1. The number of halogens is 3. The van der Waals surface area contributed by atoms with Crippen molar-refractivity contribution < 1.29 is 27.5 Å². The molecule has 4 rings (SSSR count). The van der Waals surface area contributed by atoms with Crippen molar-refractivity contribution in [2.45, 2.75) is 38.6 Å². The second-order valence-corrected chi connectivity index (χ2v) is 11.6. The summed E-state index contributed by atoms with van der Waals surface area (Å²) in [5.74, 6) is -0.126. The molecule has 4 aromatic rings. The first kappa shape index (κ1) is 31.3. The summed E-state index contributed by atoms with van der Waals surface area (Å²) < 4.78 is 43.8. The Balaban J connectivity index is 1.48. The van der Waals surface area contributed by atoms with E-state index in [2.05, 4.69) is 25.7 Å². The van der Waals surface area contributed by atoms with E-state index < -0.39 is 28.5 Å². The molecule has 0 aliphatic rings. The summed E-state index contributed by atoms with van der Waals surface area (Å²) in [4.78, 5) is 34.2. The Bertz CT molecular complexity index is 1630. The van der Waals surface area contributed by atoms with Crippen LogP contribution in [0.5, 0.6) is 0 Å². The van der Waals surface area contributed by atoms with Crippen molar-refractivity contribution in [1.82, 2.24) is 20.1 Å². The maximum atomic E-state index is 13.0. The van der Waals surface area contributed by atoms with Gasteiger partial charge >= 0.3 is 18.2 Å². The fourth-order valence-electron chi connectivity index (χ4n) is 3.97. The number of hydrogen-bond acceptors (Lipinski definition) is 7. The molecular weight excluding hydrogens is 581 g/mol. The number of benzene rings is 3. The van der Waals surface area contributed by atoms with Crippen molar-refractivity contribution in [3.63, 3.8) is 0 Å². The van der Waals surface area contributed by atoms with E-state index in [-0.39, 0.29) is 5.17 Å². The Morgan fingerprint density at radius 3 is 2.16 bits per heavy atom. The number of carbonyl (C=O) groups is 2. The fourth-order valence-corrected chi connectivity index (χ4v) is 4.90. The molecule has 0 saturated heterocycles. The van der Waals surface area contributed by atoms with Crippen molar-refractivity contribution in [2.24, 2.45) is 4.99 Å². The smallest absolute Gasteiger partial charge is 0.416 e. The molecule has 2 amide bonds. The van der Waals surface area contributed by atoms with Crippen LogP contribution in [0.15, 0.2) is 78.0 Å². The number of ether oxygens (including phenoxy) is 1. The summed E-state index contributed by atoms with van der Waals surface area (Å²) in [5.41, 5.74) is 3.25. The van der Waals surface area contributed by atoms with Crippen molar-refractivity contribution >= 4 is 40.3 Å². The number of aliphatic imine (C=N–C) groups is 1. The van der Waals surface area contributed by atoms with Crippen molar-refractivity contribution in [1.29, 1.82) is 0 Å². The molecule has 3 aromatic carbocycles. The van der Waals surface area contributed by atoms with Crippen LogP contribution in [0.25, 0.3) is 17.1 Å². The molecule has 0 fully saturated rings. The standard InChI is InChI=1S/C30H29F3N6O3S/c1-18-7-6-8-19(2)24(18)36-28(43-29(3,4)26(40)42-5)37-27(41)35-22-13-9-20(10-14-22)25-34-17-39(38-25)23-15-11-21(12-16-23)30(31,32)33/h6-17H,1-5H3,(H2,35,36,37,41). The van der Waals surface area contributed by atoms with Crippen LogP contribution in [0.2, 0.25) is 0 Å². The van der Waals surface area contributed by atoms with E-state index >= 15 is 0 Å². The highest BCUT2D eigenvalue weighted by Crippen LogP contribution is 2.31. The number of alkyl halides is 3. The van der Waals surface area contributed by atoms with Gasteiger partial charge in [0.15, 0.2) is 11.0 Å². The molecule has 0 unspecified atom stereocenters. The second-order valence-electron chi connectivity index (χ2n) is 9.98. The molecule has 224 valence electrons. The summed E-state index contributed by atoms with van der Waals surface area (Å²) in [6.07, 6.45) is -3.02. The molecule has 1 heterocycles. The minimum Gasteiger partial charge on any atom is -0.468 e. The molecule has 0 bridgehead atoms. The SMILES string of the molecule is COC(=O)C(C)(C)S/C(=N/c1c(C)cccc1C)NC(=O)Nc1ccc(-c2ncn(-c3ccc(C(F)(F)F)cc3)n2)cc1. The van der Waals surface area contributed by atoms with Crippen LogP contribution >= 0.6 is 11.8 Å². The maximum absolute atomic E-state index is 13.0. The van der Waals surface area contributed by atoms with Gasteiger partial charge in [-0.05, 0) is 87.4 Å². The molecule has 2 N–H and O–H groups in total. The zero-order valence-corrected chi connectivity index (χ0v) is 24.8. The minimum absolute atomic E-state index is 0.208. The quantitative estimate of drug-likeness (QED) is 0.137. The molecule has 9 nitrogen and oxygen atoms in total. The average molecular weight is 611 g/mol. The molecule has 0 aliphatic heterocycles. The third-order valence-electron chi connectivity index (χ3n) is 6.25. The molecule has 13 heteroatoms. The van der Waals surface area contributed by atoms with Crippen molar-refractivity contribution in [3.8, 4) is 17.1 Å². The Hall–Kier alpha value is -4.65. The number of amidine groups is 1. The molecule has 0 saturated carbocycles. The van der Waals surface area contributed by atoms with E-state index in [1.54, 1.807) is 38.1 Å². The predicted octanol–water partition coefficient (Wildman–Crippen LogP) is 7.06. The number of esters is 1. The Morgan fingerprint density at radius 2 is 1.58 bits per heavy atom. The van der Waals surface area contributed by atoms with Gasteiger partial charge < -0.3 is 10.1 Å². The number of aromatic nitrogens is 3. The number of anilines is 1. The minimum atomic E-state index is -4.43. The maximum Gasteiger partial charge on any atom is 0.416 e. The highest BCUT2D eigenvalue weighted by atomic mass is 32.2. The van der Waals surface area contributed by atoms with Gasteiger partial charge in [0.2, 0.25) is 0 Å². The first-order chi connectivity index (χ1) is 20.3. The van der Waals surface area contributed by atoms with Gasteiger partial charge in [0.25, 0.3) is 0 Å². The van der Waals surface area contributed by atoms with Gasteiger partial charge in [-0.15, -0.1) is 5.10 Å². The molecule has 0 aliphatic carbocycles. The lowest BCUT2D eigenvalue weighted by Crippen LogP contribution is -2.38. The fraction of sp³-hybridized carbons (Fsp3) is 0.233. The first-order valence-corrected chi connectivity index (χ1v) is 13.8. The molecule has 0 spiro atoms. The van der Waals surface area contributed by atoms with Crippen molar-refractivity contribution in [2.75, 3.05) is 12.4 Å². The lowest BCUT2D eigenvalue weighted by Gasteiger charge is -2.22. The summed E-state index contributed by atoms with van der Waals surface area (Å²) in [7, 11) is 1.30. The summed E-state index contributed by atoms with van der Waals surface area (Å²) >= 11 is 1.06. The molecule has 0 radical (unpaired) electrons. The number of rotatable bonds is 6. The van der Waals surface area contributed by atoms with Crippen molar-refractivity contribution in [3.05, 3.63) is 89.7 Å². The van der Waals surface area contributed by atoms with Gasteiger partial charge in [0.1, 0.15) is 11.1 Å². The Kier molecular flexibility index (Phi) is 9.24. The largest absolute Gasteiger partial charge is 0.468 e. The van der Waals surface area contributed by atoms with Crippen LogP contribution in [0, 0.1) is 13.8 Å². The summed E-state index contributed by atoms with van der Waals surface area (Å²) in [5, 5.41) is 10.0. The van der Waals surface area contributed by atoms with E-state index in [0.29, 0.717) is 28.5 Å². The van der Waals surface area contributed by atoms with Crippen LogP contribution < -0.4 is 10.6 Å². The van der Waals surface area contributed by atoms with E-state index in [9.17, 15) is 22.8 Å². The van der Waals surface area contributed by atoms with Gasteiger partial charge in [0.05, 0.1) is 24.0 Å². The van der Waals surface area contributed by atoms with E-state index in [1.807, 2.05) is 32.0 Å². The van der Waals surface area contributed by atoms with E-state index in [0.717, 1.165) is 35.0 Å². The Morgan fingerprint density at radius 1 is 0.953 bits per heavy atom. The number of amides is 2. The lowest BCUT2D eigenvalue weighted by atomic mass is 10.1. The van der Waals surface area contributed by atoms with Gasteiger partial charge in [-0.3, -0.25) is 10.1 Å². The molecule has 0 atom stereocenters. The zero-order chi connectivity index (χ0) is 31.4. The normalized spacial score (nSPS) is 12.1. The molecular formula is C30H29F3N6O3S. The van der Waals surface area contributed by atoms with E-state index in [1.165, 1.54) is 30.3 Å². The summed E-state index contributed by atoms with van der Waals surface area (Å²) in [6, 6.07) is 16.4. The van der Waals surface area contributed by atoms with E-state index in [4.69, 9.17) is 4.74 Å². The second kappa shape index (κ2) is 12.7. The average Bonchev–Trinajstić information content (AvgIpc) is 3.45. The van der Waals surface area contributed by atoms with Crippen LogP contribution in [-0.2, 0) is 15.7 Å². The number of nitrogens with zero attached hydrogens (tertiary/aromatic N) is 4. The zero-order valence-electron chi connectivity index (χ0n) is 24.0. The number of methoxy groups -OCH3 is 1. The van der Waals surface area contributed by atoms with Crippen LogP contribution in [0.3, 0.4) is 0 Å². The van der Waals surface area contributed by atoms with Gasteiger partial charge in [-0.2, -0.15) is 13.2 Å². The van der Waals surface area contributed by atoms with Gasteiger partial charge in [-0.25, -0.2) is 19.5 Å². The third kappa shape index (κ3) is 7.80. The number of aryl methyl sites for hydroxylation is 2. The number of carbonyl (C=O) groups excluding carboxylic acids is 2. The third-order valence-corrected chi connectivity index (χ3v) is 7.32. The van der Waals surface area contributed by atoms with Crippen LogP contribution in [0.4, 0.5) is 29.3 Å². The number of urea groups is 1. The highest BCUT2D eigenvalue weighted by Gasteiger charge is 2.33. The monoisotopic (exact) mass is 610 g/mol. The summed E-state index contributed by atoms with van der Waals surface area (Å²) in [6.45, 7) is 7.16. The van der Waals surface area contributed by atoms with Gasteiger partial charge in [-0.1, -0.05) is 30.0 Å². The van der Waals surface area contributed by atoms with Crippen LogP contribution in [-0.4, -0.2) is 43.8 Å². The van der Waals surface area contributed by atoms with Crippen LogP contribution in [0.1, 0.15) is 30.5 Å². The predicted molar refractivity (Wildman–Crippen MR) is 161 cm³/mol.